The van der Waals surface area contributed by atoms with Crippen molar-refractivity contribution in [2.75, 3.05) is 0 Å². The molecule has 0 spiro atoms. The Hall–Kier alpha value is -0.860. The highest BCUT2D eigenvalue weighted by atomic mass is 16.5. The molecule has 75 valence electrons. The molecule has 3 nitrogen and oxygen atoms in total. The van der Waals surface area contributed by atoms with E-state index >= 15 is 0 Å². The summed E-state index contributed by atoms with van der Waals surface area (Å²) in [4.78, 5) is 21.7. The van der Waals surface area contributed by atoms with Gasteiger partial charge in [-0.1, -0.05) is 34.6 Å². The summed E-state index contributed by atoms with van der Waals surface area (Å²) in [5.74, 6) is -0.0703. The summed E-state index contributed by atoms with van der Waals surface area (Å²) in [6.45, 7) is 10.4. The largest absolute Gasteiger partial charge is 0.446 e. The van der Waals surface area contributed by atoms with Crippen molar-refractivity contribution in [2.24, 2.45) is 11.3 Å². The number of hydrogen-bond donors (Lipinski definition) is 0. The van der Waals surface area contributed by atoms with E-state index in [1.807, 2.05) is 13.8 Å². The number of rotatable bonds is 4. The Bertz CT molecular complexity index is 189. The van der Waals surface area contributed by atoms with Crippen LogP contribution in [-0.2, 0) is 14.3 Å². The summed E-state index contributed by atoms with van der Waals surface area (Å²) in [6, 6.07) is 0. The van der Waals surface area contributed by atoms with Crippen molar-refractivity contribution in [1.82, 2.24) is 0 Å². The molecule has 3 heteroatoms. The molecule has 0 heterocycles. The molecule has 0 saturated heterocycles. The zero-order chi connectivity index (χ0) is 10.6. The average molecular weight is 185 g/mol. The van der Waals surface area contributed by atoms with Crippen LogP contribution in [0.15, 0.2) is 0 Å². The van der Waals surface area contributed by atoms with Crippen LogP contribution >= 0.6 is 0 Å². The second-order valence-electron chi connectivity index (χ2n) is 4.48. The van der Waals surface area contributed by atoms with Crippen molar-refractivity contribution in [3.63, 3.8) is 0 Å². The van der Waals surface area contributed by atoms with Crippen molar-refractivity contribution in [3.05, 3.63) is 0 Å². The van der Waals surface area contributed by atoms with E-state index in [4.69, 9.17) is 0 Å². The lowest BCUT2D eigenvalue weighted by atomic mass is 9.84. The maximum Gasteiger partial charge on any atom is 0.418 e. The van der Waals surface area contributed by atoms with Gasteiger partial charge in [-0.25, -0.2) is 4.79 Å². The Balaban J connectivity index is 4.56. The number of Topliss-reactive ketones (excluding diaryl/α,β-unsaturated/α-hetero) is 1. The minimum absolute atomic E-state index is 0.00632. The number of carbonyl (C=O) groups excluding carboxylic acids is 2. The van der Waals surface area contributed by atoms with Gasteiger partial charge in [0, 0.05) is 5.41 Å². The van der Waals surface area contributed by atoms with Gasteiger partial charge in [0.1, 0.15) is 0 Å². The van der Waals surface area contributed by atoms with Crippen LogP contribution < -0.4 is 0 Å². The van der Waals surface area contributed by atoms with E-state index in [1.54, 1.807) is 20.8 Å². The molecule has 0 aliphatic carbocycles. The number of carbonyl (C=O) groups is 1. The molecule has 0 saturated carbocycles. The first-order chi connectivity index (χ1) is 5.80. The molecule has 0 aromatic carbocycles. The van der Waals surface area contributed by atoms with Crippen LogP contribution in [0.25, 0.3) is 0 Å². The Morgan fingerprint density at radius 2 is 1.77 bits per heavy atom. The van der Waals surface area contributed by atoms with Gasteiger partial charge in [-0.05, 0) is 5.92 Å². The molecular formula is C10H17O3. The highest BCUT2D eigenvalue weighted by Crippen LogP contribution is 2.21. The third-order valence-electron chi connectivity index (χ3n) is 1.78. The Kier molecular flexibility index (Phi) is 4.11. The number of hydrogen-bond acceptors (Lipinski definition) is 3. The highest BCUT2D eigenvalue weighted by molar-refractivity contribution is 5.88. The molecule has 0 aliphatic heterocycles. The van der Waals surface area contributed by atoms with E-state index < -0.39 is 11.5 Å². The predicted octanol–water partition coefficient (Wildman–Crippen LogP) is 1.71. The molecule has 0 amide bonds. The van der Waals surface area contributed by atoms with Crippen LogP contribution in [-0.4, -0.2) is 18.4 Å². The van der Waals surface area contributed by atoms with Crippen molar-refractivity contribution >= 4 is 12.3 Å². The minimum Gasteiger partial charge on any atom is -0.446 e. The van der Waals surface area contributed by atoms with Gasteiger partial charge >= 0.3 is 6.47 Å². The maximum atomic E-state index is 11.7. The summed E-state index contributed by atoms with van der Waals surface area (Å²) in [7, 11) is 0. The second-order valence-corrected chi connectivity index (χ2v) is 4.48. The summed E-state index contributed by atoms with van der Waals surface area (Å²) in [5, 5.41) is 0. The molecule has 0 rings (SSSR count). The van der Waals surface area contributed by atoms with Crippen molar-refractivity contribution < 1.29 is 14.3 Å². The van der Waals surface area contributed by atoms with Crippen LogP contribution in [0, 0.1) is 11.3 Å². The van der Waals surface area contributed by atoms with Crippen LogP contribution in [0.5, 0.6) is 0 Å². The molecule has 0 fully saturated rings. The number of ketones is 1. The molecule has 0 N–H and O–H groups in total. The lowest BCUT2D eigenvalue weighted by Crippen LogP contribution is -2.37. The lowest BCUT2D eigenvalue weighted by molar-refractivity contribution is -0.136. The fraction of sp³-hybridized carbons (Fsp3) is 0.800. The quantitative estimate of drug-likeness (QED) is 0.669. The van der Waals surface area contributed by atoms with E-state index in [2.05, 4.69) is 4.74 Å². The fourth-order valence-corrected chi connectivity index (χ4v) is 0.971. The van der Waals surface area contributed by atoms with E-state index in [-0.39, 0.29) is 11.7 Å². The van der Waals surface area contributed by atoms with Crippen molar-refractivity contribution in [3.8, 4) is 0 Å². The fourth-order valence-electron chi connectivity index (χ4n) is 0.971. The molecular weight excluding hydrogens is 168 g/mol. The summed E-state index contributed by atoms with van der Waals surface area (Å²) < 4.78 is 4.64. The molecule has 1 radical (unpaired) electrons. The predicted molar refractivity (Wildman–Crippen MR) is 49.9 cm³/mol. The topological polar surface area (TPSA) is 43.4 Å². The monoisotopic (exact) mass is 185 g/mol. The summed E-state index contributed by atoms with van der Waals surface area (Å²) >= 11 is 0. The van der Waals surface area contributed by atoms with Gasteiger partial charge in [0.25, 0.3) is 0 Å². The molecule has 0 aromatic heterocycles. The van der Waals surface area contributed by atoms with Gasteiger partial charge in [0.15, 0.2) is 11.9 Å². The van der Waals surface area contributed by atoms with Gasteiger partial charge in [0.05, 0.1) is 0 Å². The molecule has 0 aliphatic rings. The molecule has 1 atom stereocenters. The van der Waals surface area contributed by atoms with Gasteiger partial charge in [-0.2, -0.15) is 0 Å². The molecule has 0 bridgehead atoms. The zero-order valence-electron chi connectivity index (χ0n) is 8.88. The number of ether oxygens (including phenoxy) is 1. The standard InChI is InChI=1S/C10H17O3/c1-7(2)8(13-6-11)9(12)10(3,4)5/h7-8H,1-5H3. The van der Waals surface area contributed by atoms with Crippen molar-refractivity contribution in [1.29, 1.82) is 0 Å². The van der Waals surface area contributed by atoms with Crippen LogP contribution in [0.2, 0.25) is 0 Å². The Labute approximate surface area is 79.5 Å². The molecule has 1 unspecified atom stereocenters. The molecule has 13 heavy (non-hydrogen) atoms. The first-order valence-electron chi connectivity index (χ1n) is 4.37. The Morgan fingerprint density at radius 3 is 2.00 bits per heavy atom. The van der Waals surface area contributed by atoms with Crippen LogP contribution in [0.4, 0.5) is 0 Å². The van der Waals surface area contributed by atoms with Gasteiger partial charge < -0.3 is 4.74 Å². The van der Waals surface area contributed by atoms with Gasteiger partial charge in [-0.3, -0.25) is 4.79 Å². The van der Waals surface area contributed by atoms with E-state index in [9.17, 15) is 9.59 Å². The van der Waals surface area contributed by atoms with Gasteiger partial charge in [-0.15, -0.1) is 0 Å². The van der Waals surface area contributed by atoms with E-state index in [0.29, 0.717) is 0 Å². The highest BCUT2D eigenvalue weighted by Gasteiger charge is 2.33. The lowest BCUT2D eigenvalue weighted by Gasteiger charge is -2.25. The third-order valence-corrected chi connectivity index (χ3v) is 1.78. The maximum absolute atomic E-state index is 11.7. The summed E-state index contributed by atoms with van der Waals surface area (Å²) in [6.07, 6.45) is -0.669. The van der Waals surface area contributed by atoms with E-state index in [0.717, 1.165) is 0 Å². The third kappa shape index (κ3) is 3.57. The minimum atomic E-state index is -0.669. The first kappa shape index (κ1) is 12.1. The smallest absolute Gasteiger partial charge is 0.418 e. The molecule has 0 aromatic rings. The van der Waals surface area contributed by atoms with Crippen LogP contribution in [0.1, 0.15) is 34.6 Å². The van der Waals surface area contributed by atoms with Gasteiger partial charge in [0.2, 0.25) is 0 Å². The van der Waals surface area contributed by atoms with Crippen LogP contribution in [0.3, 0.4) is 0 Å². The average Bonchev–Trinajstić information content (AvgIpc) is 1.96. The van der Waals surface area contributed by atoms with E-state index in [1.165, 1.54) is 6.47 Å². The zero-order valence-corrected chi connectivity index (χ0v) is 8.88. The Morgan fingerprint density at radius 1 is 1.31 bits per heavy atom. The summed E-state index contributed by atoms with van der Waals surface area (Å²) in [5.41, 5.74) is -0.480. The first-order valence-corrected chi connectivity index (χ1v) is 4.37. The SMILES string of the molecule is CC(C)C(O[C]=O)C(=O)C(C)(C)C. The normalized spacial score (nSPS) is 14.0. The second kappa shape index (κ2) is 4.40. The van der Waals surface area contributed by atoms with Crippen molar-refractivity contribution in [2.45, 2.75) is 40.7 Å².